The van der Waals surface area contributed by atoms with E-state index in [2.05, 4.69) is 26.7 Å². The van der Waals surface area contributed by atoms with Crippen LogP contribution in [0.15, 0.2) is 53.5 Å². The average molecular weight is 433 g/mol. The van der Waals surface area contributed by atoms with Gasteiger partial charge in [0.1, 0.15) is 6.61 Å². The van der Waals surface area contributed by atoms with Crippen LogP contribution in [0, 0.1) is 6.92 Å². The highest BCUT2D eigenvalue weighted by Crippen LogP contribution is 2.28. The minimum absolute atomic E-state index is 0.202. The lowest BCUT2D eigenvalue weighted by Gasteiger charge is -2.23. The minimum atomic E-state index is -4.54. The number of likely N-dealkylation sites (N-methyl/N-ethyl adjacent to an activating group) is 1. The maximum Gasteiger partial charge on any atom is 0.419 e. The highest BCUT2D eigenvalue weighted by atomic mass is 19.4. The fourth-order valence-electron chi connectivity index (χ4n) is 2.68. The zero-order valence-electron chi connectivity index (χ0n) is 16.7. The van der Waals surface area contributed by atoms with Crippen LogP contribution in [0.2, 0.25) is 0 Å². The van der Waals surface area contributed by atoms with Crippen molar-refractivity contribution in [3.8, 4) is 17.5 Å². The third-order valence-corrected chi connectivity index (χ3v) is 4.18. The molecule has 0 saturated carbocycles. The van der Waals surface area contributed by atoms with Crippen LogP contribution in [0.3, 0.4) is 0 Å². The highest BCUT2D eigenvalue weighted by molar-refractivity contribution is 6.00. The molecule has 0 atom stereocenters. The number of benzene rings is 1. The smallest absolute Gasteiger partial charge is 0.419 e. The summed E-state index contributed by atoms with van der Waals surface area (Å²) in [5.74, 6) is 0.257. The molecule has 31 heavy (non-hydrogen) atoms. The van der Waals surface area contributed by atoms with E-state index < -0.39 is 11.7 Å². The summed E-state index contributed by atoms with van der Waals surface area (Å²) in [5, 5.41) is 3.75. The second kappa shape index (κ2) is 8.94. The summed E-state index contributed by atoms with van der Waals surface area (Å²) >= 11 is 0. The molecule has 0 spiro atoms. The van der Waals surface area contributed by atoms with Crippen LogP contribution >= 0.6 is 0 Å². The number of hydrogen-bond acceptors (Lipinski definition) is 7. The number of aromatic nitrogens is 4. The van der Waals surface area contributed by atoms with Crippen molar-refractivity contribution in [2.24, 2.45) is 0 Å². The van der Waals surface area contributed by atoms with Gasteiger partial charge in [-0.3, -0.25) is 4.79 Å². The summed E-state index contributed by atoms with van der Waals surface area (Å²) in [6, 6.07) is 6.47. The van der Waals surface area contributed by atoms with Gasteiger partial charge in [0.2, 0.25) is 0 Å². The van der Waals surface area contributed by atoms with Gasteiger partial charge in [-0.1, -0.05) is 23.9 Å². The van der Waals surface area contributed by atoms with Crippen molar-refractivity contribution in [1.29, 1.82) is 0 Å². The van der Waals surface area contributed by atoms with E-state index in [0.717, 1.165) is 0 Å². The van der Waals surface area contributed by atoms with Gasteiger partial charge in [0.15, 0.2) is 5.82 Å². The zero-order valence-corrected chi connectivity index (χ0v) is 16.7. The normalized spacial score (nSPS) is 11.3. The third kappa shape index (κ3) is 5.05. The Morgan fingerprint density at radius 2 is 1.90 bits per heavy atom. The Hall–Kier alpha value is -3.76. The van der Waals surface area contributed by atoms with Gasteiger partial charge in [-0.05, 0) is 26.0 Å². The highest BCUT2D eigenvalue weighted by Gasteiger charge is 2.31. The molecule has 2 heterocycles. The van der Waals surface area contributed by atoms with Crippen LogP contribution in [-0.2, 0) is 6.18 Å². The van der Waals surface area contributed by atoms with E-state index in [1.807, 2.05) is 0 Å². The first-order chi connectivity index (χ1) is 14.7. The van der Waals surface area contributed by atoms with Gasteiger partial charge in [-0.25, -0.2) is 9.97 Å². The number of alkyl halides is 3. The molecule has 0 radical (unpaired) electrons. The Bertz CT molecular complexity index is 1080. The fraction of sp³-hybridized carbons (Fsp3) is 0.250. The van der Waals surface area contributed by atoms with Gasteiger partial charge < -0.3 is 14.2 Å². The Labute approximate surface area is 175 Å². The number of ether oxygens (including phenoxy) is 1. The van der Waals surface area contributed by atoms with Crippen molar-refractivity contribution in [2.75, 3.05) is 13.2 Å². The maximum absolute atomic E-state index is 13.1. The molecule has 3 rings (SSSR count). The van der Waals surface area contributed by atoms with Crippen molar-refractivity contribution in [1.82, 2.24) is 25.0 Å². The number of hydrogen-bond donors (Lipinski definition) is 0. The first kappa shape index (κ1) is 21.9. The zero-order chi connectivity index (χ0) is 22.6. The predicted molar refractivity (Wildman–Crippen MR) is 103 cm³/mol. The maximum atomic E-state index is 13.1. The van der Waals surface area contributed by atoms with Crippen molar-refractivity contribution in [3.63, 3.8) is 0 Å². The lowest BCUT2D eigenvalue weighted by atomic mass is 10.1. The molecule has 1 amide bonds. The monoisotopic (exact) mass is 433 g/mol. The first-order valence-electron chi connectivity index (χ1n) is 9.12. The van der Waals surface area contributed by atoms with Crippen LogP contribution in [0.25, 0.3) is 11.5 Å². The molecule has 2 aromatic heterocycles. The Balaban J connectivity index is 1.73. The fourth-order valence-corrected chi connectivity index (χ4v) is 2.68. The number of rotatable bonds is 7. The first-order valence-corrected chi connectivity index (χ1v) is 9.12. The minimum Gasteiger partial charge on any atom is -0.457 e. The summed E-state index contributed by atoms with van der Waals surface area (Å²) in [6.45, 7) is 7.32. The topological polar surface area (TPSA) is 94.2 Å². The average Bonchev–Trinajstić information content (AvgIpc) is 3.18. The van der Waals surface area contributed by atoms with Crippen LogP contribution in [-0.4, -0.2) is 44.1 Å². The second-order valence-electron chi connectivity index (χ2n) is 6.35. The lowest BCUT2D eigenvalue weighted by molar-refractivity contribution is -0.138. The molecule has 0 fully saturated rings. The van der Waals surface area contributed by atoms with Gasteiger partial charge >= 0.3 is 12.2 Å². The molecule has 0 unspecified atom stereocenters. The number of carbonyl (C=O) groups is 1. The molecule has 0 saturated heterocycles. The summed E-state index contributed by atoms with van der Waals surface area (Å²) in [5.41, 5.74) is 0.0655. The third-order valence-electron chi connectivity index (χ3n) is 4.18. The van der Waals surface area contributed by atoms with E-state index in [1.54, 1.807) is 38.1 Å². The van der Waals surface area contributed by atoms with Crippen LogP contribution in [0.4, 0.5) is 13.2 Å². The number of amides is 1. The van der Waals surface area contributed by atoms with Crippen LogP contribution < -0.4 is 4.74 Å². The van der Waals surface area contributed by atoms with E-state index in [0.29, 0.717) is 29.3 Å². The van der Waals surface area contributed by atoms with Crippen molar-refractivity contribution in [3.05, 3.63) is 65.9 Å². The summed E-state index contributed by atoms with van der Waals surface area (Å²) < 4.78 is 48.3. The van der Waals surface area contributed by atoms with E-state index in [1.165, 1.54) is 4.90 Å². The quantitative estimate of drug-likeness (QED) is 0.558. The Morgan fingerprint density at radius 3 is 2.48 bits per heavy atom. The van der Waals surface area contributed by atoms with Gasteiger partial charge in [-0.2, -0.15) is 18.2 Å². The van der Waals surface area contributed by atoms with Gasteiger partial charge in [0, 0.05) is 18.9 Å². The van der Waals surface area contributed by atoms with Crippen molar-refractivity contribution in [2.45, 2.75) is 20.0 Å². The SMILES string of the molecule is C=C(COc1ncc(C(F)(F)F)cn1)N(CC)C(=O)c1ccccc1-c1nc(C)no1. The molecular formula is C20H18F3N5O3. The van der Waals surface area contributed by atoms with Gasteiger partial charge in [-0.15, -0.1) is 0 Å². The van der Waals surface area contributed by atoms with E-state index in [-0.39, 0.29) is 36.7 Å². The molecular weight excluding hydrogens is 415 g/mol. The molecule has 0 N–H and O–H groups in total. The molecule has 3 aromatic rings. The molecule has 0 aliphatic heterocycles. The molecule has 0 aliphatic carbocycles. The van der Waals surface area contributed by atoms with Crippen molar-refractivity contribution >= 4 is 5.91 Å². The van der Waals surface area contributed by atoms with E-state index in [9.17, 15) is 18.0 Å². The number of nitrogens with zero attached hydrogens (tertiary/aromatic N) is 5. The summed E-state index contributed by atoms with van der Waals surface area (Å²) in [7, 11) is 0. The molecule has 8 nitrogen and oxygen atoms in total. The van der Waals surface area contributed by atoms with E-state index in [4.69, 9.17) is 9.26 Å². The Morgan fingerprint density at radius 1 is 1.23 bits per heavy atom. The summed E-state index contributed by atoms with van der Waals surface area (Å²) in [4.78, 5) is 25.7. The predicted octanol–water partition coefficient (Wildman–Crippen LogP) is 3.91. The molecule has 0 bridgehead atoms. The van der Waals surface area contributed by atoms with Crippen LogP contribution in [0.5, 0.6) is 6.01 Å². The Kier molecular flexibility index (Phi) is 6.33. The van der Waals surface area contributed by atoms with Crippen molar-refractivity contribution < 1.29 is 27.2 Å². The number of aryl methyl sites for hydroxylation is 1. The lowest BCUT2D eigenvalue weighted by Crippen LogP contribution is -2.32. The second-order valence-corrected chi connectivity index (χ2v) is 6.35. The number of carbonyl (C=O) groups excluding carboxylic acids is 1. The van der Waals surface area contributed by atoms with Gasteiger partial charge in [0.05, 0.1) is 22.4 Å². The standard InChI is InChI=1S/C20H18F3N5O3/c1-4-28(12(2)11-30-19-24-9-14(10-25-19)20(21,22)23)18(29)16-8-6-5-7-15(16)17-26-13(3)27-31-17/h5-10H,2,4,11H2,1,3H3. The van der Waals surface area contributed by atoms with Gasteiger partial charge in [0.25, 0.3) is 11.8 Å². The largest absolute Gasteiger partial charge is 0.457 e. The van der Waals surface area contributed by atoms with E-state index >= 15 is 0 Å². The molecule has 11 heteroatoms. The van der Waals surface area contributed by atoms with Crippen LogP contribution in [0.1, 0.15) is 28.7 Å². The molecule has 0 aliphatic rings. The summed E-state index contributed by atoms with van der Waals surface area (Å²) in [6.07, 6.45) is -3.30. The molecule has 1 aromatic carbocycles. The number of halogens is 3. The molecule has 162 valence electrons.